The summed E-state index contributed by atoms with van der Waals surface area (Å²) >= 11 is 8.10. The molecule has 7 nitrogen and oxygen atoms in total. The highest BCUT2D eigenvalue weighted by Crippen LogP contribution is 2.28. The molecule has 0 unspecified atom stereocenters. The standard InChI is InChI=1S/C23H14ClIN2O5/c24-18-10-7-15(12-21(18)27(29)30)22-26-20(23(28)32-22)11-14-5-8-17(9-6-14)31-13-16-3-1-2-4-19(16)25/h1-12H,13H2/b20-11-. The van der Waals surface area contributed by atoms with Crippen molar-refractivity contribution in [2.24, 2.45) is 4.99 Å². The van der Waals surface area contributed by atoms with Crippen molar-refractivity contribution in [1.29, 1.82) is 0 Å². The smallest absolute Gasteiger partial charge is 0.363 e. The van der Waals surface area contributed by atoms with E-state index in [0.29, 0.717) is 12.4 Å². The Morgan fingerprint density at radius 3 is 2.59 bits per heavy atom. The van der Waals surface area contributed by atoms with Crippen molar-refractivity contribution < 1.29 is 19.2 Å². The molecule has 0 bridgehead atoms. The van der Waals surface area contributed by atoms with Gasteiger partial charge in [0.25, 0.3) is 5.69 Å². The molecule has 0 fully saturated rings. The minimum absolute atomic E-state index is 0.0104. The number of carbonyl (C=O) groups is 1. The van der Waals surface area contributed by atoms with Gasteiger partial charge in [-0.05, 0) is 64.6 Å². The Bertz CT molecular complexity index is 1270. The number of aliphatic imine (C=N–C) groups is 1. The number of cyclic esters (lactones) is 1. The van der Waals surface area contributed by atoms with Gasteiger partial charge in [0.05, 0.1) is 4.92 Å². The predicted molar refractivity (Wildman–Crippen MR) is 129 cm³/mol. The molecule has 0 aliphatic carbocycles. The van der Waals surface area contributed by atoms with Gasteiger partial charge in [0.15, 0.2) is 5.70 Å². The van der Waals surface area contributed by atoms with Crippen LogP contribution in [0, 0.1) is 13.7 Å². The van der Waals surface area contributed by atoms with Gasteiger partial charge in [-0.25, -0.2) is 9.79 Å². The van der Waals surface area contributed by atoms with Crippen LogP contribution in [-0.2, 0) is 16.1 Å². The molecule has 0 atom stereocenters. The number of esters is 1. The number of nitro benzene ring substituents is 1. The predicted octanol–water partition coefficient (Wildman–Crippen LogP) is 5.78. The van der Waals surface area contributed by atoms with E-state index in [1.165, 1.54) is 18.2 Å². The third-order valence-corrected chi connectivity index (χ3v) is 5.92. The first-order valence-corrected chi connectivity index (χ1v) is 10.8. The van der Waals surface area contributed by atoms with Gasteiger partial charge in [-0.3, -0.25) is 10.1 Å². The van der Waals surface area contributed by atoms with E-state index in [2.05, 4.69) is 27.6 Å². The molecule has 160 valence electrons. The van der Waals surface area contributed by atoms with Crippen molar-refractivity contribution in [3.63, 3.8) is 0 Å². The lowest BCUT2D eigenvalue weighted by atomic mass is 10.2. The van der Waals surface area contributed by atoms with Crippen LogP contribution < -0.4 is 4.74 Å². The number of nitro groups is 1. The summed E-state index contributed by atoms with van der Waals surface area (Å²) in [6, 6.07) is 19.3. The average molecular weight is 561 g/mol. The summed E-state index contributed by atoms with van der Waals surface area (Å²) in [6.07, 6.45) is 1.57. The van der Waals surface area contributed by atoms with Crippen LogP contribution in [0.5, 0.6) is 5.75 Å². The molecule has 1 aliphatic rings. The highest BCUT2D eigenvalue weighted by Gasteiger charge is 2.26. The van der Waals surface area contributed by atoms with E-state index in [1.54, 1.807) is 30.3 Å². The van der Waals surface area contributed by atoms with Gasteiger partial charge in [0.1, 0.15) is 17.4 Å². The molecule has 0 amide bonds. The number of halogens is 2. The van der Waals surface area contributed by atoms with Crippen LogP contribution in [-0.4, -0.2) is 16.8 Å². The Kier molecular flexibility index (Phi) is 6.52. The number of nitrogens with zero attached hydrogens (tertiary/aromatic N) is 2. The summed E-state index contributed by atoms with van der Waals surface area (Å²) in [6.45, 7) is 0.451. The second-order valence-corrected chi connectivity index (χ2v) is 8.28. The minimum Gasteiger partial charge on any atom is -0.489 e. The third-order valence-electron chi connectivity index (χ3n) is 4.55. The summed E-state index contributed by atoms with van der Waals surface area (Å²) in [7, 11) is 0. The molecule has 1 aliphatic heterocycles. The van der Waals surface area contributed by atoms with Gasteiger partial charge < -0.3 is 9.47 Å². The first-order chi connectivity index (χ1) is 15.4. The van der Waals surface area contributed by atoms with E-state index in [0.717, 1.165) is 14.7 Å². The normalized spacial score (nSPS) is 14.2. The number of ether oxygens (including phenoxy) is 2. The van der Waals surface area contributed by atoms with E-state index in [9.17, 15) is 14.9 Å². The zero-order valence-corrected chi connectivity index (χ0v) is 19.2. The van der Waals surface area contributed by atoms with E-state index >= 15 is 0 Å². The number of benzene rings is 3. The van der Waals surface area contributed by atoms with E-state index in [-0.39, 0.29) is 27.9 Å². The zero-order chi connectivity index (χ0) is 22.7. The molecule has 0 saturated carbocycles. The molecule has 0 spiro atoms. The fraction of sp³-hybridized carbons (Fsp3) is 0.0435. The van der Waals surface area contributed by atoms with Crippen molar-refractivity contribution >= 4 is 57.8 Å². The van der Waals surface area contributed by atoms with Gasteiger partial charge in [-0.1, -0.05) is 41.9 Å². The maximum absolute atomic E-state index is 12.2. The molecule has 32 heavy (non-hydrogen) atoms. The molecule has 0 saturated heterocycles. The largest absolute Gasteiger partial charge is 0.489 e. The Hall–Kier alpha value is -3.24. The summed E-state index contributed by atoms with van der Waals surface area (Å²) in [5, 5.41) is 11.1. The monoisotopic (exact) mass is 560 g/mol. The van der Waals surface area contributed by atoms with Gasteiger partial charge in [-0.2, -0.15) is 0 Å². The molecular weight excluding hydrogens is 547 g/mol. The molecule has 4 rings (SSSR count). The van der Waals surface area contributed by atoms with Crippen LogP contribution in [0.25, 0.3) is 6.08 Å². The molecule has 3 aromatic carbocycles. The Morgan fingerprint density at radius 1 is 1.12 bits per heavy atom. The fourth-order valence-corrected chi connectivity index (χ4v) is 3.64. The highest BCUT2D eigenvalue weighted by molar-refractivity contribution is 14.1. The number of rotatable bonds is 6. The average Bonchev–Trinajstić information content (AvgIpc) is 3.14. The lowest BCUT2D eigenvalue weighted by Gasteiger charge is -2.08. The topological polar surface area (TPSA) is 91.0 Å². The van der Waals surface area contributed by atoms with Gasteiger partial charge in [0, 0.05) is 20.8 Å². The van der Waals surface area contributed by atoms with E-state index in [1.807, 2.05) is 24.3 Å². The first-order valence-electron chi connectivity index (χ1n) is 9.34. The molecule has 0 N–H and O–H groups in total. The summed E-state index contributed by atoms with van der Waals surface area (Å²) in [5.74, 6) is 0.0356. The SMILES string of the molecule is O=C1OC(c2ccc(Cl)c([N+](=O)[O-])c2)=N/C1=C\c1ccc(OCc2ccccc2I)cc1. The second-order valence-electron chi connectivity index (χ2n) is 6.71. The molecule has 0 radical (unpaired) electrons. The lowest BCUT2D eigenvalue weighted by molar-refractivity contribution is -0.384. The molecular formula is C23H14ClIN2O5. The highest BCUT2D eigenvalue weighted by atomic mass is 127. The van der Waals surface area contributed by atoms with Crippen molar-refractivity contribution in [3.05, 3.63) is 108 Å². The second kappa shape index (κ2) is 9.49. The lowest BCUT2D eigenvalue weighted by Crippen LogP contribution is -2.06. The van der Waals surface area contributed by atoms with Crippen molar-refractivity contribution in [1.82, 2.24) is 0 Å². The Labute approximate surface area is 201 Å². The van der Waals surface area contributed by atoms with Crippen molar-refractivity contribution in [2.75, 3.05) is 0 Å². The van der Waals surface area contributed by atoms with E-state index in [4.69, 9.17) is 21.1 Å². The van der Waals surface area contributed by atoms with Gasteiger partial charge in [0.2, 0.25) is 5.90 Å². The minimum atomic E-state index is -0.642. The van der Waals surface area contributed by atoms with Crippen LogP contribution >= 0.6 is 34.2 Å². The first kappa shape index (κ1) is 22.0. The van der Waals surface area contributed by atoms with Crippen LogP contribution in [0.15, 0.2) is 77.4 Å². The van der Waals surface area contributed by atoms with Crippen LogP contribution in [0.1, 0.15) is 16.7 Å². The quantitative estimate of drug-likeness (QED) is 0.125. The number of hydrogen-bond donors (Lipinski definition) is 0. The Balaban J connectivity index is 1.49. The summed E-state index contributed by atoms with van der Waals surface area (Å²) in [4.78, 5) is 26.9. The fourth-order valence-electron chi connectivity index (χ4n) is 2.91. The number of carbonyl (C=O) groups excluding carboxylic acids is 1. The van der Waals surface area contributed by atoms with Gasteiger partial charge in [-0.15, -0.1) is 0 Å². The maximum Gasteiger partial charge on any atom is 0.363 e. The van der Waals surface area contributed by atoms with Crippen LogP contribution in [0.4, 0.5) is 5.69 Å². The molecule has 9 heteroatoms. The van der Waals surface area contributed by atoms with E-state index < -0.39 is 10.9 Å². The molecule has 0 aromatic heterocycles. The summed E-state index contributed by atoms with van der Waals surface area (Å²) < 4.78 is 12.1. The van der Waals surface area contributed by atoms with Crippen LogP contribution in [0.2, 0.25) is 5.02 Å². The summed E-state index contributed by atoms with van der Waals surface area (Å²) in [5.41, 5.74) is 1.91. The third kappa shape index (κ3) is 4.97. The molecule has 3 aromatic rings. The molecule has 1 heterocycles. The van der Waals surface area contributed by atoms with Crippen molar-refractivity contribution in [2.45, 2.75) is 6.61 Å². The van der Waals surface area contributed by atoms with Crippen LogP contribution in [0.3, 0.4) is 0 Å². The maximum atomic E-state index is 12.2. The Morgan fingerprint density at radius 2 is 1.88 bits per heavy atom. The van der Waals surface area contributed by atoms with Gasteiger partial charge >= 0.3 is 5.97 Å². The van der Waals surface area contributed by atoms with Crippen molar-refractivity contribution in [3.8, 4) is 5.75 Å². The zero-order valence-electron chi connectivity index (χ0n) is 16.3. The number of hydrogen-bond acceptors (Lipinski definition) is 6.